The first-order valence-corrected chi connectivity index (χ1v) is 9.23. The quantitative estimate of drug-likeness (QED) is 0.658. The van der Waals surface area contributed by atoms with Gasteiger partial charge >= 0.3 is 0 Å². The molecular weight excluding hydrogens is 356 g/mol. The average Bonchev–Trinajstić information content (AvgIpc) is 3.06. The molecule has 2 aromatic heterocycles. The number of hydrogen-bond donors (Lipinski definition) is 1. The second-order valence-corrected chi connectivity index (χ2v) is 7.11. The van der Waals surface area contributed by atoms with Crippen LogP contribution in [0.4, 0.5) is 5.82 Å². The van der Waals surface area contributed by atoms with Crippen molar-refractivity contribution < 1.29 is 9.26 Å². The van der Waals surface area contributed by atoms with Gasteiger partial charge in [-0.2, -0.15) is 4.98 Å². The minimum Gasteiger partial charge on any atom is -0.491 e. The summed E-state index contributed by atoms with van der Waals surface area (Å²) in [6.07, 6.45) is 1.58. The van der Waals surface area contributed by atoms with Crippen molar-refractivity contribution in [2.75, 3.05) is 18.0 Å². The van der Waals surface area contributed by atoms with Gasteiger partial charge in [-0.3, -0.25) is 5.41 Å². The summed E-state index contributed by atoms with van der Waals surface area (Å²) in [6, 6.07) is 9.36. The van der Waals surface area contributed by atoms with Crippen molar-refractivity contribution in [2.24, 2.45) is 0 Å². The molecule has 8 heteroatoms. The maximum atomic E-state index is 8.54. The van der Waals surface area contributed by atoms with E-state index < -0.39 is 0 Å². The summed E-state index contributed by atoms with van der Waals surface area (Å²) in [5, 5.41) is 12.4. The number of aryl methyl sites for hydroxylation is 1. The summed E-state index contributed by atoms with van der Waals surface area (Å²) in [5.41, 5.74) is 1.66. The van der Waals surface area contributed by atoms with Gasteiger partial charge in [0.15, 0.2) is 5.82 Å². The molecule has 1 aliphatic rings. The van der Waals surface area contributed by atoms with Crippen LogP contribution in [0.2, 0.25) is 0 Å². The molecule has 1 aliphatic heterocycles. The van der Waals surface area contributed by atoms with Gasteiger partial charge in [0.05, 0.1) is 23.4 Å². The van der Waals surface area contributed by atoms with Gasteiger partial charge in [-0.1, -0.05) is 17.3 Å². The molecule has 1 N–H and O–H groups in total. The molecule has 0 radical (unpaired) electrons. The number of anilines is 1. The zero-order valence-corrected chi connectivity index (χ0v) is 16.1. The van der Waals surface area contributed by atoms with E-state index in [0.717, 1.165) is 30.2 Å². The van der Waals surface area contributed by atoms with E-state index in [1.54, 1.807) is 0 Å². The van der Waals surface area contributed by atoms with Gasteiger partial charge in [0.1, 0.15) is 17.9 Å². The molecule has 3 aromatic rings. The molecule has 0 saturated carbocycles. The Kier molecular flexibility index (Phi) is 4.77. The zero-order valence-electron chi connectivity index (χ0n) is 16.1. The molecule has 0 unspecified atom stereocenters. The molecule has 1 aromatic carbocycles. The number of nitrogens with zero attached hydrogens (tertiary/aromatic N) is 5. The Morgan fingerprint density at radius 3 is 2.79 bits per heavy atom. The molecule has 3 heterocycles. The van der Waals surface area contributed by atoms with E-state index in [4.69, 9.17) is 14.7 Å². The van der Waals surface area contributed by atoms with Crippen LogP contribution in [0.5, 0.6) is 5.75 Å². The number of ether oxygens (including phenoxy) is 1. The summed E-state index contributed by atoms with van der Waals surface area (Å²) >= 11 is 0. The maximum absolute atomic E-state index is 8.54. The van der Waals surface area contributed by atoms with E-state index in [9.17, 15) is 0 Å². The Labute approximate surface area is 163 Å². The molecule has 0 atom stereocenters. The highest BCUT2D eigenvalue weighted by Crippen LogP contribution is 2.30. The summed E-state index contributed by atoms with van der Waals surface area (Å²) in [4.78, 5) is 15.0. The molecule has 28 heavy (non-hydrogen) atoms. The minimum atomic E-state index is 0.0806. The third-order valence-electron chi connectivity index (χ3n) is 4.50. The van der Waals surface area contributed by atoms with Crippen LogP contribution in [0, 0.1) is 12.3 Å². The fraction of sp³-hybridized carbons (Fsp3) is 0.350. The molecule has 144 valence electrons. The summed E-state index contributed by atoms with van der Waals surface area (Å²) in [5.74, 6) is 3.06. The molecule has 0 aliphatic carbocycles. The Balaban J connectivity index is 1.48. The standard InChI is InChI=1S/C20H22N6O2/c1-12(2)27-16-6-4-5-14(7-16)19(21)17-8-18(23-11-22-17)26-9-15(10-26)20-24-13(3)25-28-20/h4-8,11-12,15,21H,9-10H2,1-3H3. The van der Waals surface area contributed by atoms with E-state index in [1.807, 2.05) is 51.1 Å². The van der Waals surface area contributed by atoms with Crippen molar-refractivity contribution in [3.63, 3.8) is 0 Å². The van der Waals surface area contributed by atoms with Crippen molar-refractivity contribution >= 4 is 11.5 Å². The van der Waals surface area contributed by atoms with Crippen molar-refractivity contribution in [1.29, 1.82) is 5.41 Å². The molecule has 0 bridgehead atoms. The van der Waals surface area contributed by atoms with Crippen LogP contribution in [0.25, 0.3) is 0 Å². The third-order valence-corrected chi connectivity index (χ3v) is 4.50. The Hall–Kier alpha value is -3.29. The van der Waals surface area contributed by atoms with Crippen LogP contribution in [0.3, 0.4) is 0 Å². The van der Waals surface area contributed by atoms with E-state index in [0.29, 0.717) is 23.1 Å². The Bertz CT molecular complexity index is 994. The lowest BCUT2D eigenvalue weighted by molar-refractivity contribution is 0.242. The lowest BCUT2D eigenvalue weighted by Crippen LogP contribution is -2.45. The van der Waals surface area contributed by atoms with E-state index in [1.165, 1.54) is 6.33 Å². The SMILES string of the molecule is Cc1noc(C2CN(c3cc(C(=N)c4cccc(OC(C)C)c4)ncn3)C2)n1. The highest BCUT2D eigenvalue weighted by atomic mass is 16.5. The van der Waals surface area contributed by atoms with E-state index in [2.05, 4.69) is 25.0 Å². The van der Waals surface area contributed by atoms with Gasteiger partial charge in [0.2, 0.25) is 5.89 Å². The van der Waals surface area contributed by atoms with Crippen LogP contribution in [-0.2, 0) is 0 Å². The zero-order chi connectivity index (χ0) is 19.7. The predicted octanol–water partition coefficient (Wildman–Crippen LogP) is 2.98. The molecule has 0 spiro atoms. The summed E-state index contributed by atoms with van der Waals surface area (Å²) in [6.45, 7) is 7.27. The van der Waals surface area contributed by atoms with Crippen LogP contribution in [0.1, 0.15) is 42.7 Å². The number of hydrogen-bond acceptors (Lipinski definition) is 8. The van der Waals surface area contributed by atoms with Crippen LogP contribution >= 0.6 is 0 Å². The first kappa shape index (κ1) is 18.1. The van der Waals surface area contributed by atoms with Crippen LogP contribution in [0.15, 0.2) is 41.2 Å². The smallest absolute Gasteiger partial charge is 0.233 e. The monoisotopic (exact) mass is 378 g/mol. The van der Waals surface area contributed by atoms with Gasteiger partial charge in [-0.25, -0.2) is 9.97 Å². The van der Waals surface area contributed by atoms with Gasteiger partial charge in [-0.15, -0.1) is 0 Å². The van der Waals surface area contributed by atoms with Crippen LogP contribution < -0.4 is 9.64 Å². The highest BCUT2D eigenvalue weighted by Gasteiger charge is 2.33. The van der Waals surface area contributed by atoms with E-state index >= 15 is 0 Å². The lowest BCUT2D eigenvalue weighted by Gasteiger charge is -2.38. The number of nitrogens with one attached hydrogen (secondary N) is 1. The Morgan fingerprint density at radius 2 is 2.07 bits per heavy atom. The lowest BCUT2D eigenvalue weighted by atomic mass is 10.00. The van der Waals surface area contributed by atoms with Gasteiger partial charge in [0.25, 0.3) is 0 Å². The molecule has 1 saturated heterocycles. The number of rotatable bonds is 6. The third kappa shape index (κ3) is 3.71. The van der Waals surface area contributed by atoms with E-state index in [-0.39, 0.29) is 12.0 Å². The number of benzene rings is 1. The van der Waals surface area contributed by atoms with Crippen molar-refractivity contribution in [3.05, 3.63) is 59.6 Å². The number of aromatic nitrogens is 4. The Morgan fingerprint density at radius 1 is 1.25 bits per heavy atom. The highest BCUT2D eigenvalue weighted by molar-refractivity contribution is 6.10. The van der Waals surface area contributed by atoms with Crippen LogP contribution in [-0.4, -0.2) is 45.0 Å². The van der Waals surface area contributed by atoms with Crippen molar-refractivity contribution in [3.8, 4) is 5.75 Å². The topological polar surface area (TPSA) is 101 Å². The van der Waals surface area contributed by atoms with Crippen molar-refractivity contribution in [2.45, 2.75) is 32.8 Å². The molecule has 4 rings (SSSR count). The predicted molar refractivity (Wildman–Crippen MR) is 104 cm³/mol. The normalized spacial score (nSPS) is 14.2. The fourth-order valence-electron chi connectivity index (χ4n) is 3.10. The fourth-order valence-corrected chi connectivity index (χ4v) is 3.10. The second kappa shape index (κ2) is 7.38. The van der Waals surface area contributed by atoms with Gasteiger partial charge in [-0.05, 0) is 32.9 Å². The largest absolute Gasteiger partial charge is 0.491 e. The summed E-state index contributed by atoms with van der Waals surface area (Å²) < 4.78 is 11.0. The second-order valence-electron chi connectivity index (χ2n) is 7.11. The molecule has 8 nitrogen and oxygen atoms in total. The van der Waals surface area contributed by atoms with Crippen molar-refractivity contribution in [1.82, 2.24) is 20.1 Å². The minimum absolute atomic E-state index is 0.0806. The van der Waals surface area contributed by atoms with Gasteiger partial charge in [0, 0.05) is 24.7 Å². The molecular formula is C20H22N6O2. The summed E-state index contributed by atoms with van der Waals surface area (Å²) in [7, 11) is 0. The first-order chi connectivity index (χ1) is 13.5. The molecule has 1 fully saturated rings. The van der Waals surface area contributed by atoms with Gasteiger partial charge < -0.3 is 14.2 Å². The average molecular weight is 378 g/mol. The maximum Gasteiger partial charge on any atom is 0.233 e. The molecule has 0 amide bonds. The first-order valence-electron chi connectivity index (χ1n) is 9.23.